The summed E-state index contributed by atoms with van der Waals surface area (Å²) in [5.41, 5.74) is 5.91. The second-order valence-electron chi connectivity index (χ2n) is 10.9. The minimum atomic E-state index is -0.366. The second-order valence-corrected chi connectivity index (χ2v) is 10.9. The normalized spacial score (nSPS) is 11.6. The van der Waals surface area contributed by atoms with Crippen molar-refractivity contribution < 1.29 is 14.4 Å². The molecule has 8 aromatic rings. The summed E-state index contributed by atoms with van der Waals surface area (Å²) in [5, 5.41) is 19.7. The summed E-state index contributed by atoms with van der Waals surface area (Å²) in [6.45, 7) is 0. The number of benzene rings is 7. The molecule has 0 bridgehead atoms. The molecule has 6 nitrogen and oxygen atoms in total. The highest BCUT2D eigenvalue weighted by Crippen LogP contribution is 2.48. The van der Waals surface area contributed by atoms with Crippen LogP contribution in [0.5, 0.6) is 11.5 Å². The molecule has 0 saturated carbocycles. The van der Waals surface area contributed by atoms with E-state index < -0.39 is 0 Å². The molecule has 212 valence electrons. The molecular weight excluding hydrogens is 548 g/mol. The molecule has 0 unspecified atom stereocenters. The van der Waals surface area contributed by atoms with Crippen LogP contribution in [0.2, 0.25) is 0 Å². The lowest BCUT2D eigenvalue weighted by Crippen LogP contribution is -1.99. The van der Waals surface area contributed by atoms with E-state index in [4.69, 9.17) is 9.47 Å². The van der Waals surface area contributed by atoms with E-state index in [1.807, 2.05) is 36.4 Å². The van der Waals surface area contributed by atoms with Gasteiger partial charge in [0, 0.05) is 34.3 Å². The number of nitrogens with zero attached hydrogens (tertiary/aromatic N) is 2. The summed E-state index contributed by atoms with van der Waals surface area (Å²) in [6, 6.07) is 40.6. The molecule has 0 saturated heterocycles. The van der Waals surface area contributed by atoms with E-state index in [0.29, 0.717) is 0 Å². The van der Waals surface area contributed by atoms with Crippen LogP contribution in [0.4, 0.5) is 5.69 Å². The molecule has 1 heterocycles. The van der Waals surface area contributed by atoms with Gasteiger partial charge in [-0.15, -0.1) is 0 Å². The van der Waals surface area contributed by atoms with Gasteiger partial charge in [-0.05, 0) is 92.5 Å². The van der Waals surface area contributed by atoms with Crippen LogP contribution in [0.25, 0.3) is 71.3 Å². The van der Waals surface area contributed by atoms with Gasteiger partial charge in [-0.3, -0.25) is 10.1 Å². The highest BCUT2D eigenvalue weighted by Gasteiger charge is 2.25. The van der Waals surface area contributed by atoms with Gasteiger partial charge in [0.2, 0.25) is 0 Å². The summed E-state index contributed by atoms with van der Waals surface area (Å²) >= 11 is 0. The molecule has 0 aliphatic rings. The molecular formula is C38H26N2O4. The van der Waals surface area contributed by atoms with E-state index >= 15 is 0 Å². The first-order chi connectivity index (χ1) is 21.6. The predicted octanol–water partition coefficient (Wildman–Crippen LogP) is 9.79. The van der Waals surface area contributed by atoms with Crippen LogP contribution in [0.15, 0.2) is 121 Å². The van der Waals surface area contributed by atoms with Crippen LogP contribution in [0.3, 0.4) is 0 Å². The first-order valence-corrected chi connectivity index (χ1v) is 14.3. The molecule has 6 heteroatoms. The van der Waals surface area contributed by atoms with Crippen molar-refractivity contribution in [2.45, 2.75) is 0 Å². The third kappa shape index (κ3) is 3.81. The first-order valence-electron chi connectivity index (χ1n) is 14.3. The maximum atomic E-state index is 11.6. The zero-order valence-corrected chi connectivity index (χ0v) is 24.1. The number of nitro groups is 1. The standard InChI is InChI=1S/C38H26N2O4/c1-43-29-16-14-27(15-17-29)39-34-21-18-30(44-2)22-33(34)37(26-8-12-28(13-9-26)40(41)42)38(39)32-20-11-25-7-6-23-4-3-5-24-10-19-31(32)36(25)35(23)24/h3-22H,1-2H3. The Morgan fingerprint density at radius 3 is 1.95 bits per heavy atom. The third-order valence-corrected chi connectivity index (χ3v) is 8.66. The van der Waals surface area contributed by atoms with Crippen molar-refractivity contribution in [3.63, 3.8) is 0 Å². The van der Waals surface area contributed by atoms with E-state index in [1.54, 1.807) is 26.4 Å². The van der Waals surface area contributed by atoms with Gasteiger partial charge in [-0.2, -0.15) is 0 Å². The first kappa shape index (κ1) is 25.8. The van der Waals surface area contributed by atoms with Crippen LogP contribution < -0.4 is 9.47 Å². The SMILES string of the molecule is COc1ccc(-n2c(-c3ccc4ccc5cccc6ccc3c4c56)c(-c3ccc([N+](=O)[O-])cc3)c3cc(OC)ccc32)cc1. The Morgan fingerprint density at radius 2 is 1.27 bits per heavy atom. The van der Waals surface area contributed by atoms with Crippen molar-refractivity contribution in [3.8, 4) is 39.6 Å². The van der Waals surface area contributed by atoms with Crippen molar-refractivity contribution in [2.75, 3.05) is 14.2 Å². The van der Waals surface area contributed by atoms with Crippen molar-refractivity contribution in [1.82, 2.24) is 4.57 Å². The topological polar surface area (TPSA) is 66.5 Å². The molecule has 0 aliphatic carbocycles. The van der Waals surface area contributed by atoms with Crippen LogP contribution in [-0.4, -0.2) is 23.7 Å². The largest absolute Gasteiger partial charge is 0.497 e. The number of hydrogen-bond donors (Lipinski definition) is 0. The molecule has 0 N–H and O–H groups in total. The molecule has 0 amide bonds. The number of methoxy groups -OCH3 is 2. The van der Waals surface area contributed by atoms with Gasteiger partial charge in [-0.1, -0.05) is 54.6 Å². The molecule has 0 spiro atoms. The number of non-ortho nitro benzene ring substituents is 1. The highest BCUT2D eigenvalue weighted by atomic mass is 16.6. The molecule has 0 atom stereocenters. The lowest BCUT2D eigenvalue weighted by atomic mass is 9.89. The van der Waals surface area contributed by atoms with Gasteiger partial charge in [0.1, 0.15) is 11.5 Å². The fourth-order valence-electron chi connectivity index (χ4n) is 6.64. The number of rotatable bonds is 6. The zero-order chi connectivity index (χ0) is 29.9. The molecule has 7 aromatic carbocycles. The maximum absolute atomic E-state index is 11.6. The monoisotopic (exact) mass is 574 g/mol. The fraction of sp³-hybridized carbons (Fsp3) is 0.0526. The van der Waals surface area contributed by atoms with E-state index in [9.17, 15) is 10.1 Å². The van der Waals surface area contributed by atoms with Gasteiger partial charge < -0.3 is 14.0 Å². The van der Waals surface area contributed by atoms with E-state index in [1.165, 1.54) is 26.9 Å². The summed E-state index contributed by atoms with van der Waals surface area (Å²) in [6.07, 6.45) is 0. The lowest BCUT2D eigenvalue weighted by Gasteiger charge is -2.18. The van der Waals surface area contributed by atoms with Crippen molar-refractivity contribution in [2.24, 2.45) is 0 Å². The van der Waals surface area contributed by atoms with Gasteiger partial charge >= 0.3 is 0 Å². The minimum absolute atomic E-state index is 0.0505. The smallest absolute Gasteiger partial charge is 0.269 e. The number of hydrogen-bond acceptors (Lipinski definition) is 4. The number of aromatic nitrogens is 1. The Balaban J connectivity index is 1.55. The second kappa shape index (κ2) is 9.85. The third-order valence-electron chi connectivity index (χ3n) is 8.66. The van der Waals surface area contributed by atoms with Crippen LogP contribution in [-0.2, 0) is 0 Å². The Morgan fingerprint density at radius 1 is 0.636 bits per heavy atom. The minimum Gasteiger partial charge on any atom is -0.497 e. The van der Waals surface area contributed by atoms with E-state index in [0.717, 1.165) is 55.9 Å². The van der Waals surface area contributed by atoms with Crippen molar-refractivity contribution in [1.29, 1.82) is 0 Å². The maximum Gasteiger partial charge on any atom is 0.269 e. The Hall–Kier alpha value is -5.88. The predicted molar refractivity (Wildman–Crippen MR) is 178 cm³/mol. The van der Waals surface area contributed by atoms with Crippen LogP contribution >= 0.6 is 0 Å². The Kier molecular flexibility index (Phi) is 5.78. The number of nitro benzene ring substituents is 1. The summed E-state index contributed by atoms with van der Waals surface area (Å²) in [5.74, 6) is 1.50. The number of fused-ring (bicyclic) bond motifs is 1. The average molecular weight is 575 g/mol. The lowest BCUT2D eigenvalue weighted by molar-refractivity contribution is -0.384. The summed E-state index contributed by atoms with van der Waals surface area (Å²) < 4.78 is 13.4. The molecule has 44 heavy (non-hydrogen) atoms. The fourth-order valence-corrected chi connectivity index (χ4v) is 6.64. The number of ether oxygens (including phenoxy) is 2. The quantitative estimate of drug-likeness (QED) is 0.113. The zero-order valence-electron chi connectivity index (χ0n) is 24.1. The van der Waals surface area contributed by atoms with Gasteiger partial charge in [0.25, 0.3) is 5.69 Å². The average Bonchev–Trinajstić information content (AvgIpc) is 3.41. The van der Waals surface area contributed by atoms with Gasteiger partial charge in [-0.25, -0.2) is 0 Å². The Bertz CT molecular complexity index is 2360. The van der Waals surface area contributed by atoms with Crippen LogP contribution in [0.1, 0.15) is 0 Å². The van der Waals surface area contributed by atoms with Gasteiger partial charge in [0.05, 0.1) is 30.4 Å². The molecule has 0 aliphatic heterocycles. The summed E-state index contributed by atoms with van der Waals surface area (Å²) in [7, 11) is 3.32. The summed E-state index contributed by atoms with van der Waals surface area (Å²) in [4.78, 5) is 11.2. The Labute approximate surface area is 252 Å². The van der Waals surface area contributed by atoms with Crippen LogP contribution in [0, 0.1) is 10.1 Å². The molecule has 8 rings (SSSR count). The highest BCUT2D eigenvalue weighted by molar-refractivity contribution is 6.26. The molecule has 0 fully saturated rings. The van der Waals surface area contributed by atoms with Crippen molar-refractivity contribution in [3.05, 3.63) is 131 Å². The molecule has 0 radical (unpaired) electrons. The van der Waals surface area contributed by atoms with E-state index in [2.05, 4.69) is 77.4 Å². The van der Waals surface area contributed by atoms with E-state index in [-0.39, 0.29) is 10.6 Å². The molecule has 1 aromatic heterocycles. The van der Waals surface area contributed by atoms with Crippen molar-refractivity contribution >= 4 is 48.9 Å². The van der Waals surface area contributed by atoms with Gasteiger partial charge in [0.15, 0.2) is 0 Å².